The van der Waals surface area contributed by atoms with Gasteiger partial charge in [-0.1, -0.05) is 46.3 Å². The zero-order valence-electron chi connectivity index (χ0n) is 9.50. The number of nitrogens with one attached hydrogen (secondary N) is 1. The Balaban J connectivity index is 2.27. The first-order valence-corrected chi connectivity index (χ1v) is 6.38. The van der Waals surface area contributed by atoms with Gasteiger partial charge in [-0.15, -0.1) is 0 Å². The van der Waals surface area contributed by atoms with Crippen molar-refractivity contribution in [1.29, 1.82) is 0 Å². The molecule has 0 saturated heterocycles. The van der Waals surface area contributed by atoms with E-state index in [1.165, 1.54) is 27.7 Å². The van der Waals surface area contributed by atoms with Crippen molar-refractivity contribution < 1.29 is 0 Å². The molecule has 1 N–H and O–H groups in total. The molecule has 84 valence electrons. The topological polar surface area (TPSA) is 15.8 Å². The molecule has 0 spiro atoms. The highest BCUT2D eigenvalue weighted by Gasteiger charge is 2.08. The molecule has 3 aromatic rings. The van der Waals surface area contributed by atoms with Crippen LogP contribution >= 0.6 is 15.9 Å². The molecule has 0 bridgehead atoms. The summed E-state index contributed by atoms with van der Waals surface area (Å²) >= 11 is 3.51. The van der Waals surface area contributed by atoms with Gasteiger partial charge in [0.05, 0.1) is 0 Å². The highest BCUT2D eigenvalue weighted by atomic mass is 79.9. The highest BCUT2D eigenvalue weighted by Crippen LogP contribution is 2.30. The summed E-state index contributed by atoms with van der Waals surface area (Å²) in [5.41, 5.74) is 4.92. The standard InChI is InChI=1S/C15H12BrN/c1-10-13-7-2-3-8-14(13)17-15(10)11-5-4-6-12(16)9-11/h2-9,17H,1H3. The molecule has 3 rings (SSSR count). The third kappa shape index (κ3) is 1.79. The summed E-state index contributed by atoms with van der Waals surface area (Å²) in [7, 11) is 0. The summed E-state index contributed by atoms with van der Waals surface area (Å²) in [6.45, 7) is 2.16. The van der Waals surface area contributed by atoms with Gasteiger partial charge in [-0.3, -0.25) is 0 Å². The van der Waals surface area contributed by atoms with E-state index >= 15 is 0 Å². The van der Waals surface area contributed by atoms with Crippen LogP contribution in [0.5, 0.6) is 0 Å². The molecule has 0 amide bonds. The minimum atomic E-state index is 1.10. The SMILES string of the molecule is Cc1c(-c2cccc(Br)c2)[nH]c2ccccc12. The van der Waals surface area contributed by atoms with Crippen LogP contribution in [0.2, 0.25) is 0 Å². The number of aryl methyl sites for hydroxylation is 1. The number of fused-ring (bicyclic) bond motifs is 1. The number of benzene rings is 2. The van der Waals surface area contributed by atoms with Gasteiger partial charge in [0.15, 0.2) is 0 Å². The molecular formula is C15H12BrN. The van der Waals surface area contributed by atoms with Crippen molar-refractivity contribution in [2.75, 3.05) is 0 Å². The average Bonchev–Trinajstić information content (AvgIpc) is 2.68. The first kappa shape index (κ1) is 10.6. The maximum absolute atomic E-state index is 3.51. The predicted octanol–water partition coefficient (Wildman–Crippen LogP) is 4.91. The van der Waals surface area contributed by atoms with E-state index in [0.29, 0.717) is 0 Å². The number of hydrogen-bond acceptors (Lipinski definition) is 0. The van der Waals surface area contributed by atoms with Crippen molar-refractivity contribution in [2.24, 2.45) is 0 Å². The van der Waals surface area contributed by atoms with Gasteiger partial charge >= 0.3 is 0 Å². The smallest absolute Gasteiger partial charge is 0.0494 e. The summed E-state index contributed by atoms with van der Waals surface area (Å²) in [6, 6.07) is 16.8. The molecule has 1 nitrogen and oxygen atoms in total. The number of rotatable bonds is 1. The minimum absolute atomic E-state index is 1.10. The second kappa shape index (κ2) is 4.04. The van der Waals surface area contributed by atoms with Gasteiger partial charge < -0.3 is 4.98 Å². The van der Waals surface area contributed by atoms with E-state index < -0.39 is 0 Å². The molecule has 2 heteroatoms. The lowest BCUT2D eigenvalue weighted by Gasteiger charge is -2.01. The van der Waals surface area contributed by atoms with Crippen LogP contribution in [0.1, 0.15) is 5.56 Å². The molecule has 0 unspecified atom stereocenters. The molecule has 0 atom stereocenters. The fourth-order valence-corrected chi connectivity index (χ4v) is 2.61. The molecule has 0 fully saturated rings. The minimum Gasteiger partial charge on any atom is -0.354 e. The van der Waals surface area contributed by atoms with Crippen LogP contribution < -0.4 is 0 Å². The van der Waals surface area contributed by atoms with Crippen LogP contribution in [0.15, 0.2) is 53.0 Å². The normalized spacial score (nSPS) is 10.9. The Labute approximate surface area is 109 Å². The summed E-state index contributed by atoms with van der Waals surface area (Å²) in [6.07, 6.45) is 0. The van der Waals surface area contributed by atoms with Gasteiger partial charge in [-0.05, 0) is 36.2 Å². The van der Waals surface area contributed by atoms with Crippen molar-refractivity contribution in [2.45, 2.75) is 6.92 Å². The summed E-state index contributed by atoms with van der Waals surface area (Å²) in [4.78, 5) is 3.49. The van der Waals surface area contributed by atoms with Crippen molar-refractivity contribution in [3.05, 3.63) is 58.6 Å². The van der Waals surface area contributed by atoms with Gasteiger partial charge in [0.25, 0.3) is 0 Å². The Morgan fingerprint density at radius 2 is 1.82 bits per heavy atom. The van der Waals surface area contributed by atoms with Crippen molar-refractivity contribution in [1.82, 2.24) is 4.98 Å². The van der Waals surface area contributed by atoms with E-state index in [0.717, 1.165) is 4.47 Å². The van der Waals surface area contributed by atoms with Crippen LogP contribution in [-0.2, 0) is 0 Å². The van der Waals surface area contributed by atoms with Crippen LogP contribution in [-0.4, -0.2) is 4.98 Å². The Kier molecular flexibility index (Phi) is 2.52. The molecule has 2 aromatic carbocycles. The van der Waals surface area contributed by atoms with E-state index in [9.17, 15) is 0 Å². The lowest BCUT2D eigenvalue weighted by molar-refractivity contribution is 1.40. The molecule has 0 aliphatic rings. The van der Waals surface area contributed by atoms with E-state index in [1.54, 1.807) is 0 Å². The van der Waals surface area contributed by atoms with E-state index in [1.807, 2.05) is 6.07 Å². The summed E-state index contributed by atoms with van der Waals surface area (Å²) < 4.78 is 1.10. The summed E-state index contributed by atoms with van der Waals surface area (Å²) in [5.74, 6) is 0. The molecule has 0 saturated carbocycles. The number of H-pyrrole nitrogens is 1. The van der Waals surface area contributed by atoms with Crippen LogP contribution in [0, 0.1) is 6.92 Å². The lowest BCUT2D eigenvalue weighted by atomic mass is 10.1. The number of halogens is 1. The average molecular weight is 286 g/mol. The fourth-order valence-electron chi connectivity index (χ4n) is 2.21. The monoisotopic (exact) mass is 285 g/mol. The van der Waals surface area contributed by atoms with E-state index in [2.05, 4.69) is 70.3 Å². The van der Waals surface area contributed by atoms with Gasteiger partial charge in [-0.25, -0.2) is 0 Å². The van der Waals surface area contributed by atoms with Crippen LogP contribution in [0.25, 0.3) is 22.2 Å². The summed E-state index contributed by atoms with van der Waals surface area (Å²) in [5, 5.41) is 1.29. The molecule has 17 heavy (non-hydrogen) atoms. The largest absolute Gasteiger partial charge is 0.354 e. The van der Waals surface area contributed by atoms with Crippen LogP contribution in [0.4, 0.5) is 0 Å². The molecule has 0 aliphatic carbocycles. The van der Waals surface area contributed by atoms with Crippen molar-refractivity contribution >= 4 is 26.8 Å². The highest BCUT2D eigenvalue weighted by molar-refractivity contribution is 9.10. The lowest BCUT2D eigenvalue weighted by Crippen LogP contribution is -1.80. The van der Waals surface area contributed by atoms with E-state index in [4.69, 9.17) is 0 Å². The zero-order chi connectivity index (χ0) is 11.8. The van der Waals surface area contributed by atoms with E-state index in [-0.39, 0.29) is 0 Å². The number of para-hydroxylation sites is 1. The third-order valence-electron chi connectivity index (χ3n) is 3.08. The van der Waals surface area contributed by atoms with Crippen molar-refractivity contribution in [3.8, 4) is 11.3 Å². The number of aromatic amines is 1. The number of hydrogen-bond donors (Lipinski definition) is 1. The van der Waals surface area contributed by atoms with Gasteiger partial charge in [0, 0.05) is 21.1 Å². The number of aromatic nitrogens is 1. The Morgan fingerprint density at radius 1 is 1.00 bits per heavy atom. The fraction of sp³-hybridized carbons (Fsp3) is 0.0667. The second-order valence-corrected chi connectivity index (χ2v) is 5.10. The van der Waals surface area contributed by atoms with Gasteiger partial charge in [0.1, 0.15) is 0 Å². The molecule has 0 aliphatic heterocycles. The quantitative estimate of drug-likeness (QED) is 0.654. The predicted molar refractivity (Wildman–Crippen MR) is 76.2 cm³/mol. The Morgan fingerprint density at radius 3 is 2.59 bits per heavy atom. The first-order valence-electron chi connectivity index (χ1n) is 5.59. The Bertz CT molecular complexity index is 682. The maximum Gasteiger partial charge on any atom is 0.0494 e. The van der Waals surface area contributed by atoms with Gasteiger partial charge in [0.2, 0.25) is 0 Å². The van der Waals surface area contributed by atoms with Gasteiger partial charge in [-0.2, -0.15) is 0 Å². The maximum atomic E-state index is 3.51. The molecule has 1 heterocycles. The third-order valence-corrected chi connectivity index (χ3v) is 3.57. The Hall–Kier alpha value is -1.54. The first-order chi connectivity index (χ1) is 8.25. The van der Waals surface area contributed by atoms with Crippen LogP contribution in [0.3, 0.4) is 0 Å². The zero-order valence-corrected chi connectivity index (χ0v) is 11.1. The molecule has 0 radical (unpaired) electrons. The van der Waals surface area contributed by atoms with Crippen molar-refractivity contribution in [3.63, 3.8) is 0 Å². The molecular weight excluding hydrogens is 274 g/mol. The molecule has 1 aromatic heterocycles. The second-order valence-electron chi connectivity index (χ2n) is 4.18.